The van der Waals surface area contributed by atoms with E-state index in [9.17, 15) is 0 Å². The molecule has 0 bridgehead atoms. The van der Waals surface area contributed by atoms with Crippen molar-refractivity contribution in [3.8, 4) is 141 Å². The van der Waals surface area contributed by atoms with Crippen molar-refractivity contribution in [2.45, 2.75) is 0 Å². The van der Waals surface area contributed by atoms with Gasteiger partial charge in [-0.2, -0.15) is 0 Å². The van der Waals surface area contributed by atoms with Crippen molar-refractivity contribution in [1.82, 2.24) is 54.4 Å². The minimum Gasteiger partial charge on any atom is -0.435 e. The molecule has 0 aliphatic carbocycles. The molecule has 7 heterocycles. The number of fused-ring (bicyclic) bond motifs is 18. The number of rotatable bonds is 13. The summed E-state index contributed by atoms with van der Waals surface area (Å²) in [7, 11) is 0. The van der Waals surface area contributed by atoms with Gasteiger partial charge in [-0.05, 0) is 133 Å². The van der Waals surface area contributed by atoms with Crippen molar-refractivity contribution >= 4 is 130 Å². The molecule has 0 fully saturated rings. The average Bonchev–Trinajstić information content (AvgIpc) is 1.56. The Morgan fingerprint density at radius 3 is 1.14 bits per heavy atom. The van der Waals surface area contributed by atoms with Crippen molar-refractivity contribution in [2.24, 2.45) is 0 Å². The number of hydrogen-bond donors (Lipinski definition) is 0. The summed E-state index contributed by atoms with van der Waals surface area (Å²) >= 11 is 1.71. The first-order valence-electron chi connectivity index (χ1n) is 45.2. The van der Waals surface area contributed by atoms with Gasteiger partial charge in [-0.3, -0.25) is 0 Å². The Morgan fingerprint density at radius 2 is 0.581 bits per heavy atom. The Bertz CT molecular complexity index is 9100. The third-order valence-corrected chi connectivity index (χ3v) is 26.4. The average molecular weight is 1760 g/mol. The van der Waals surface area contributed by atoms with Gasteiger partial charge in [0.25, 0.3) is 0 Å². The molecule has 13 nitrogen and oxygen atoms in total. The maximum atomic E-state index is 6.74. The molecule has 27 rings (SSSR count). The van der Waals surface area contributed by atoms with Crippen LogP contribution < -0.4 is 0 Å². The van der Waals surface area contributed by atoms with Crippen molar-refractivity contribution in [2.75, 3.05) is 0 Å². The molecule has 0 aliphatic rings. The quantitative estimate of drug-likeness (QED) is 0.101. The molecule has 0 saturated carbocycles. The second-order valence-corrected chi connectivity index (χ2v) is 34.6. The fraction of sp³-hybridized carbons (Fsp3) is 0. The number of para-hydroxylation sites is 2. The van der Waals surface area contributed by atoms with Crippen LogP contribution in [0.4, 0.5) is 0 Å². The molecular weight excluding hydrogens is 1680 g/mol. The molecule has 0 N–H and O–H groups in total. The second-order valence-electron chi connectivity index (χ2n) is 33.6. The van der Waals surface area contributed by atoms with Gasteiger partial charge in [0.05, 0.1) is 44.0 Å². The summed E-state index contributed by atoms with van der Waals surface area (Å²) in [5.41, 5.74) is 23.1. The number of aromatic nitrogens is 11. The Hall–Kier alpha value is -18.2. The number of hydrogen-bond acceptors (Lipinski definition) is 13. The standard InChI is InChI=1S/C48H29N5O.C37H23N3O.C37H23N3S/c1-4-12-31(13-5-1)45-50-46(32-14-6-2-7-15-32)52-47(51-45)34-22-25-37-33(28-34)21-20-30-24-27-40-44(43(30)37)54-48(49-40)35-23-26-39-38-18-10-11-19-41(38)53(42(39)29-35)36-16-8-3-9-17-36;1-4-10-25(11-5-1)32-23-33(26-12-6-2-7-13-26)39-36(38-32)29-19-17-24-16-18-27-20-21-31-35(34(27)30(24)22-29)41-37(40-31)28-14-8-3-9-15-28;1-4-13-25(14-5-1)31-23-32(26-15-6-2-7-16-26)39-36(38-31)30-22-28-21-20-24-12-10-11-19-29(24)33(28)34-35(30)41-37(40-34)27-17-8-3-9-18-27/h1-29H;2*1-23H. The molecular formula is C122H75N11O2S. The van der Waals surface area contributed by atoms with Crippen LogP contribution in [-0.4, -0.2) is 54.4 Å². The van der Waals surface area contributed by atoms with Crippen molar-refractivity contribution in [3.05, 3.63) is 455 Å². The summed E-state index contributed by atoms with van der Waals surface area (Å²) in [5.74, 6) is 4.48. The van der Waals surface area contributed by atoms with E-state index < -0.39 is 0 Å². The first kappa shape index (κ1) is 79.9. The Labute approximate surface area is 784 Å². The lowest BCUT2D eigenvalue weighted by molar-refractivity contribution is 0.623. The van der Waals surface area contributed by atoms with E-state index in [4.69, 9.17) is 58.7 Å². The first-order valence-corrected chi connectivity index (χ1v) is 46.0. The van der Waals surface area contributed by atoms with E-state index in [0.717, 1.165) is 192 Å². The van der Waals surface area contributed by atoms with E-state index in [-0.39, 0.29) is 0 Å². The Balaban J connectivity index is 0.000000110. The number of benzene rings is 20. The lowest BCUT2D eigenvalue weighted by Gasteiger charge is -2.12. The van der Waals surface area contributed by atoms with Crippen LogP contribution in [0.1, 0.15) is 0 Å². The lowest BCUT2D eigenvalue weighted by atomic mass is 9.98. The molecule has 0 atom stereocenters. The lowest BCUT2D eigenvalue weighted by Crippen LogP contribution is -2.00. The summed E-state index contributed by atoms with van der Waals surface area (Å²) in [6.45, 7) is 0. The molecule has 0 spiro atoms. The molecule has 7 aromatic heterocycles. The summed E-state index contributed by atoms with van der Waals surface area (Å²) in [6, 6.07) is 156. The molecule has 0 radical (unpaired) electrons. The zero-order chi connectivity index (χ0) is 89.9. The number of thiazole rings is 1. The van der Waals surface area contributed by atoms with Crippen LogP contribution in [0.25, 0.3) is 260 Å². The zero-order valence-corrected chi connectivity index (χ0v) is 73.8. The van der Waals surface area contributed by atoms with Crippen LogP contribution >= 0.6 is 11.3 Å². The van der Waals surface area contributed by atoms with Gasteiger partial charge in [-0.1, -0.05) is 370 Å². The van der Waals surface area contributed by atoms with Crippen molar-refractivity contribution in [3.63, 3.8) is 0 Å². The normalized spacial score (nSPS) is 11.5. The zero-order valence-electron chi connectivity index (χ0n) is 72.9. The van der Waals surface area contributed by atoms with Gasteiger partial charge >= 0.3 is 0 Å². The minimum absolute atomic E-state index is 0.588. The van der Waals surface area contributed by atoms with Gasteiger partial charge in [-0.25, -0.2) is 49.8 Å². The molecule has 20 aromatic carbocycles. The highest BCUT2D eigenvalue weighted by Gasteiger charge is 2.25. The van der Waals surface area contributed by atoms with E-state index in [1.807, 2.05) is 188 Å². The molecule has 0 saturated heterocycles. The summed E-state index contributed by atoms with van der Waals surface area (Å²) in [6.07, 6.45) is 0. The summed E-state index contributed by atoms with van der Waals surface area (Å²) in [5, 5.41) is 16.7. The fourth-order valence-electron chi connectivity index (χ4n) is 18.7. The molecule has 14 heteroatoms. The highest BCUT2D eigenvalue weighted by atomic mass is 32.1. The summed E-state index contributed by atoms with van der Waals surface area (Å²) in [4.78, 5) is 50.4. The van der Waals surface area contributed by atoms with Crippen LogP contribution in [-0.2, 0) is 0 Å². The monoisotopic (exact) mass is 1760 g/mol. The van der Waals surface area contributed by atoms with Gasteiger partial charge in [0.1, 0.15) is 16.0 Å². The van der Waals surface area contributed by atoms with Gasteiger partial charge in [0.2, 0.25) is 11.8 Å². The predicted molar refractivity (Wildman–Crippen MR) is 557 cm³/mol. The molecule has 0 unspecified atom stereocenters. The highest BCUT2D eigenvalue weighted by molar-refractivity contribution is 7.22. The van der Waals surface area contributed by atoms with Crippen molar-refractivity contribution in [1.29, 1.82) is 0 Å². The second kappa shape index (κ2) is 34.2. The Morgan fingerprint density at radius 1 is 0.206 bits per heavy atom. The largest absolute Gasteiger partial charge is 0.435 e. The summed E-state index contributed by atoms with van der Waals surface area (Å²) < 4.78 is 16.6. The number of oxazole rings is 2. The topological polar surface area (TPSA) is 160 Å². The van der Waals surface area contributed by atoms with Gasteiger partial charge in [-0.15, -0.1) is 11.3 Å². The van der Waals surface area contributed by atoms with Crippen LogP contribution in [0, 0.1) is 0 Å². The van der Waals surface area contributed by atoms with E-state index in [1.165, 1.54) is 26.9 Å². The van der Waals surface area contributed by atoms with Crippen LogP contribution in [0.2, 0.25) is 0 Å². The third-order valence-electron chi connectivity index (χ3n) is 25.2. The van der Waals surface area contributed by atoms with E-state index in [1.54, 1.807) is 11.3 Å². The van der Waals surface area contributed by atoms with Gasteiger partial charge < -0.3 is 13.4 Å². The minimum atomic E-state index is 0.588. The van der Waals surface area contributed by atoms with E-state index >= 15 is 0 Å². The van der Waals surface area contributed by atoms with Crippen LogP contribution in [0.3, 0.4) is 0 Å². The molecule has 27 aromatic rings. The van der Waals surface area contributed by atoms with Crippen LogP contribution in [0.15, 0.2) is 464 Å². The van der Waals surface area contributed by atoms with Gasteiger partial charge in [0.15, 0.2) is 40.3 Å². The predicted octanol–water partition coefficient (Wildman–Crippen LogP) is 31.7. The number of nitrogens with zero attached hydrogens (tertiary/aromatic N) is 11. The third kappa shape index (κ3) is 14.9. The molecule has 136 heavy (non-hydrogen) atoms. The molecule has 0 amide bonds. The van der Waals surface area contributed by atoms with Gasteiger partial charge in [0, 0.05) is 99.4 Å². The molecule has 0 aliphatic heterocycles. The maximum Gasteiger partial charge on any atom is 0.227 e. The van der Waals surface area contributed by atoms with Crippen molar-refractivity contribution < 1.29 is 8.83 Å². The van der Waals surface area contributed by atoms with E-state index in [0.29, 0.717) is 40.9 Å². The smallest absolute Gasteiger partial charge is 0.227 e. The maximum absolute atomic E-state index is 6.74. The first-order chi connectivity index (χ1) is 67.4. The van der Waals surface area contributed by atoms with Crippen LogP contribution in [0.5, 0.6) is 0 Å². The van der Waals surface area contributed by atoms with E-state index in [2.05, 4.69) is 271 Å². The Kier molecular flexibility index (Phi) is 20.1. The SMILES string of the molecule is c1ccc(-c2cc(-c3ccccc3)nc(-c3cc4ccc5ccccc5c4c4nc(-c5ccccc5)sc34)n2)cc1.c1ccc(-c2cc(-c3ccccc3)nc(-c3ccc4ccc5ccc6nc(-c7ccccc7)oc6c5c4c3)n2)cc1.c1ccc(-c2nc(-c3ccccc3)nc(-c3ccc4c(ccc5ccc6nc(-c7ccc8c9ccccc9n(-c9ccccc9)c8c7)oc6c54)c3)n2)cc1. The highest BCUT2D eigenvalue weighted by Crippen LogP contribution is 2.46. The molecule has 636 valence electrons. The fourth-order valence-corrected chi connectivity index (χ4v) is 19.8.